The van der Waals surface area contributed by atoms with Crippen LogP contribution >= 0.6 is 0 Å². The molecule has 1 unspecified atom stereocenters. The van der Waals surface area contributed by atoms with Crippen molar-refractivity contribution < 1.29 is 24.2 Å². The zero-order chi connectivity index (χ0) is 25.5. The van der Waals surface area contributed by atoms with Crippen LogP contribution in [0.5, 0.6) is 11.5 Å². The predicted molar refractivity (Wildman–Crippen MR) is 138 cm³/mol. The Hall–Kier alpha value is -4.06. The smallest absolute Gasteiger partial charge is 0.290 e. The van der Waals surface area contributed by atoms with Crippen LogP contribution in [-0.4, -0.2) is 35.4 Å². The van der Waals surface area contributed by atoms with Gasteiger partial charge in [-0.2, -0.15) is 0 Å². The van der Waals surface area contributed by atoms with E-state index in [0.717, 1.165) is 11.1 Å². The molecule has 36 heavy (non-hydrogen) atoms. The number of aryl methyl sites for hydroxylation is 1. The van der Waals surface area contributed by atoms with Gasteiger partial charge in [-0.25, -0.2) is 0 Å². The summed E-state index contributed by atoms with van der Waals surface area (Å²) in [6.45, 7) is 2.71. The lowest BCUT2D eigenvalue weighted by Gasteiger charge is -2.27. The number of nitrogens with zero attached hydrogens (tertiary/aromatic N) is 1. The van der Waals surface area contributed by atoms with Crippen molar-refractivity contribution in [1.82, 2.24) is 4.90 Å². The van der Waals surface area contributed by atoms with E-state index in [9.17, 15) is 14.7 Å². The maximum absolute atomic E-state index is 13.4. The molecule has 6 heteroatoms. The van der Waals surface area contributed by atoms with Gasteiger partial charge in [0.2, 0.25) is 0 Å². The van der Waals surface area contributed by atoms with Crippen LogP contribution in [0.4, 0.5) is 0 Å². The Balaban J connectivity index is 1.64. The first-order valence-corrected chi connectivity index (χ1v) is 12.2. The summed E-state index contributed by atoms with van der Waals surface area (Å²) in [5, 5.41) is 10.8. The molecule has 1 heterocycles. The molecule has 0 aromatic heterocycles. The predicted octanol–water partition coefficient (Wildman–Crippen LogP) is 5.58. The molecule has 0 bridgehead atoms. The Morgan fingerprint density at radius 1 is 0.944 bits per heavy atom. The van der Waals surface area contributed by atoms with Crippen molar-refractivity contribution in [2.45, 2.75) is 38.8 Å². The van der Waals surface area contributed by atoms with Crippen molar-refractivity contribution in [2.24, 2.45) is 0 Å². The lowest BCUT2D eigenvalue weighted by Crippen LogP contribution is -2.31. The zero-order valence-electron chi connectivity index (χ0n) is 20.6. The number of ketones is 1. The van der Waals surface area contributed by atoms with Gasteiger partial charge in [0.1, 0.15) is 6.61 Å². The molecule has 3 aromatic carbocycles. The van der Waals surface area contributed by atoms with Crippen molar-refractivity contribution in [3.05, 3.63) is 107 Å². The van der Waals surface area contributed by atoms with Crippen molar-refractivity contribution in [3.8, 4) is 11.5 Å². The average molecular weight is 486 g/mol. The third-order valence-electron chi connectivity index (χ3n) is 6.29. The summed E-state index contributed by atoms with van der Waals surface area (Å²) < 4.78 is 11.6. The second-order valence-electron chi connectivity index (χ2n) is 8.76. The Bertz CT molecular complexity index is 1240. The van der Waals surface area contributed by atoms with Crippen LogP contribution < -0.4 is 9.47 Å². The number of aliphatic hydroxyl groups is 1. The van der Waals surface area contributed by atoms with Crippen molar-refractivity contribution >= 4 is 11.7 Å². The molecule has 4 rings (SSSR count). The number of hydrogen-bond donors (Lipinski definition) is 1. The third-order valence-corrected chi connectivity index (χ3v) is 6.29. The first kappa shape index (κ1) is 25.0. The molecule has 0 saturated carbocycles. The van der Waals surface area contributed by atoms with Gasteiger partial charge in [-0.1, -0.05) is 73.7 Å². The topological polar surface area (TPSA) is 76.1 Å². The van der Waals surface area contributed by atoms with Crippen LogP contribution in [0.1, 0.15) is 42.5 Å². The molecule has 0 saturated heterocycles. The minimum absolute atomic E-state index is 0.142. The van der Waals surface area contributed by atoms with Crippen molar-refractivity contribution in [2.75, 3.05) is 13.7 Å². The Labute approximate surface area is 211 Å². The molecule has 6 nitrogen and oxygen atoms in total. The first-order valence-electron chi connectivity index (χ1n) is 12.2. The number of Topliss-reactive ketones (excluding diaryl/α,β-unsaturated/α-hetero) is 1. The standard InChI is InChI=1S/C30H31NO5/c1-3-18-31-28(27(29(33)30(31)34)24(32)16-14-21-10-6-4-7-11-21)23-15-17-25(35-2)26(19-23)36-20-22-12-8-5-9-13-22/h4-13,15,17,19,28,33H,3,14,16,18,20H2,1-2H3. The molecule has 1 amide bonds. The highest BCUT2D eigenvalue weighted by Crippen LogP contribution is 2.41. The molecule has 186 valence electrons. The van der Waals surface area contributed by atoms with Gasteiger partial charge in [-0.15, -0.1) is 0 Å². The number of benzene rings is 3. The van der Waals surface area contributed by atoms with E-state index < -0.39 is 17.7 Å². The summed E-state index contributed by atoms with van der Waals surface area (Å²) >= 11 is 0. The van der Waals surface area contributed by atoms with Gasteiger partial charge in [-0.3, -0.25) is 9.59 Å². The highest BCUT2D eigenvalue weighted by atomic mass is 16.5. The number of ether oxygens (including phenoxy) is 2. The molecule has 1 aliphatic heterocycles. The molecule has 1 aliphatic rings. The van der Waals surface area contributed by atoms with Gasteiger partial charge >= 0.3 is 0 Å². The summed E-state index contributed by atoms with van der Waals surface area (Å²) in [4.78, 5) is 27.9. The fourth-order valence-electron chi connectivity index (χ4n) is 4.51. The summed E-state index contributed by atoms with van der Waals surface area (Å²) in [5.41, 5.74) is 2.86. The Kier molecular flexibility index (Phi) is 8.06. The molecule has 1 N–H and O–H groups in total. The number of hydrogen-bond acceptors (Lipinski definition) is 5. The van der Waals surface area contributed by atoms with Crippen LogP contribution in [-0.2, 0) is 22.6 Å². The maximum atomic E-state index is 13.4. The Morgan fingerprint density at radius 2 is 1.61 bits per heavy atom. The quantitative estimate of drug-likeness (QED) is 0.384. The molecular weight excluding hydrogens is 454 g/mol. The van der Waals surface area contributed by atoms with Crippen LogP contribution in [0.15, 0.2) is 90.2 Å². The van der Waals surface area contributed by atoms with Crippen LogP contribution in [0.2, 0.25) is 0 Å². The van der Waals surface area contributed by atoms with Gasteiger partial charge in [0, 0.05) is 13.0 Å². The summed E-state index contributed by atoms with van der Waals surface area (Å²) in [7, 11) is 1.57. The number of aliphatic hydroxyl groups excluding tert-OH is 1. The lowest BCUT2D eigenvalue weighted by molar-refractivity contribution is -0.129. The molecule has 0 spiro atoms. The van der Waals surface area contributed by atoms with Crippen LogP contribution in [0.25, 0.3) is 0 Å². The minimum atomic E-state index is -0.689. The largest absolute Gasteiger partial charge is 0.503 e. The van der Waals surface area contributed by atoms with Gasteiger partial charge in [-0.05, 0) is 41.7 Å². The second-order valence-corrected chi connectivity index (χ2v) is 8.76. The summed E-state index contributed by atoms with van der Waals surface area (Å²) in [6, 6.07) is 24.2. The number of amides is 1. The second kappa shape index (κ2) is 11.6. The van der Waals surface area contributed by atoms with E-state index in [1.807, 2.05) is 73.7 Å². The molecule has 0 radical (unpaired) electrons. The normalized spacial score (nSPS) is 15.3. The number of carbonyl (C=O) groups is 2. The summed E-state index contributed by atoms with van der Waals surface area (Å²) in [5.74, 6) is -0.172. The fraction of sp³-hybridized carbons (Fsp3) is 0.267. The van der Waals surface area contributed by atoms with E-state index in [-0.39, 0.29) is 17.8 Å². The average Bonchev–Trinajstić information content (AvgIpc) is 3.17. The van der Waals surface area contributed by atoms with E-state index in [0.29, 0.717) is 43.1 Å². The van der Waals surface area contributed by atoms with Crippen molar-refractivity contribution in [1.29, 1.82) is 0 Å². The monoisotopic (exact) mass is 485 g/mol. The molecule has 0 fully saturated rings. The van der Waals surface area contributed by atoms with E-state index in [1.54, 1.807) is 24.1 Å². The van der Waals surface area contributed by atoms with E-state index in [1.165, 1.54) is 0 Å². The first-order chi connectivity index (χ1) is 17.5. The van der Waals surface area contributed by atoms with Gasteiger partial charge < -0.3 is 19.5 Å². The third kappa shape index (κ3) is 5.43. The van der Waals surface area contributed by atoms with E-state index >= 15 is 0 Å². The maximum Gasteiger partial charge on any atom is 0.290 e. The van der Waals surface area contributed by atoms with Gasteiger partial charge in [0.05, 0.1) is 18.7 Å². The van der Waals surface area contributed by atoms with Crippen molar-refractivity contribution in [3.63, 3.8) is 0 Å². The number of methoxy groups -OCH3 is 1. The van der Waals surface area contributed by atoms with Crippen LogP contribution in [0.3, 0.4) is 0 Å². The van der Waals surface area contributed by atoms with Gasteiger partial charge in [0.25, 0.3) is 5.91 Å². The summed E-state index contributed by atoms with van der Waals surface area (Å²) in [6.07, 6.45) is 1.41. The zero-order valence-corrected chi connectivity index (χ0v) is 20.6. The number of rotatable bonds is 11. The molecule has 3 aromatic rings. The Morgan fingerprint density at radius 3 is 2.25 bits per heavy atom. The molecule has 0 aliphatic carbocycles. The lowest BCUT2D eigenvalue weighted by atomic mass is 9.93. The van der Waals surface area contributed by atoms with E-state index in [2.05, 4.69) is 0 Å². The molecular formula is C30H31NO5. The fourth-order valence-corrected chi connectivity index (χ4v) is 4.51. The SMILES string of the molecule is CCCN1C(=O)C(O)=C(C(=O)CCc2ccccc2)C1c1ccc(OC)c(OCc2ccccc2)c1. The number of carbonyl (C=O) groups excluding carboxylic acids is 2. The van der Waals surface area contributed by atoms with E-state index in [4.69, 9.17) is 9.47 Å². The highest BCUT2D eigenvalue weighted by molar-refractivity contribution is 6.09. The van der Waals surface area contributed by atoms with Gasteiger partial charge in [0.15, 0.2) is 23.0 Å². The highest BCUT2D eigenvalue weighted by Gasteiger charge is 2.43. The minimum Gasteiger partial charge on any atom is -0.503 e. The van der Waals surface area contributed by atoms with Crippen LogP contribution in [0, 0.1) is 0 Å². The molecule has 1 atom stereocenters.